The Kier molecular flexibility index (Phi) is 6.08. The second-order valence-corrected chi connectivity index (χ2v) is 8.75. The molecule has 1 N–H and O–H groups in total. The lowest BCUT2D eigenvalue weighted by atomic mass is 10.1. The van der Waals surface area contributed by atoms with Crippen LogP contribution in [0.5, 0.6) is 0 Å². The molecule has 1 atom stereocenters. The lowest BCUT2D eigenvalue weighted by Gasteiger charge is -2.34. The number of nitrogens with zero attached hydrogens (tertiary/aromatic N) is 2. The van der Waals surface area contributed by atoms with Gasteiger partial charge in [0, 0.05) is 29.2 Å². The highest BCUT2D eigenvalue weighted by Gasteiger charge is 2.41. The van der Waals surface area contributed by atoms with Crippen molar-refractivity contribution in [3.63, 3.8) is 0 Å². The number of likely N-dealkylation sites (tertiary alicyclic amines) is 1. The van der Waals surface area contributed by atoms with Gasteiger partial charge in [-0.3, -0.25) is 19.2 Å². The zero-order valence-electron chi connectivity index (χ0n) is 17.2. The minimum atomic E-state index is -0.887. The summed E-state index contributed by atoms with van der Waals surface area (Å²) in [7, 11) is 0. The maximum atomic E-state index is 13.3. The van der Waals surface area contributed by atoms with Gasteiger partial charge in [-0.15, -0.1) is 11.8 Å². The maximum absolute atomic E-state index is 13.3. The fourth-order valence-corrected chi connectivity index (χ4v) is 4.99. The molecule has 1 fully saturated rings. The second-order valence-electron chi connectivity index (χ2n) is 7.61. The van der Waals surface area contributed by atoms with E-state index in [-0.39, 0.29) is 24.1 Å². The monoisotopic (exact) mass is 437 g/mol. The van der Waals surface area contributed by atoms with Gasteiger partial charge in [-0.25, -0.2) is 0 Å². The molecule has 1 saturated heterocycles. The molecule has 7 nitrogen and oxygen atoms in total. The fourth-order valence-electron chi connectivity index (χ4n) is 3.80. The first kappa shape index (κ1) is 21.1. The van der Waals surface area contributed by atoms with E-state index in [1.54, 1.807) is 41.3 Å². The molecule has 2 aliphatic rings. The molecule has 0 aliphatic carbocycles. The molecule has 0 bridgehead atoms. The van der Waals surface area contributed by atoms with Gasteiger partial charge in [-0.2, -0.15) is 0 Å². The second kappa shape index (κ2) is 8.93. The zero-order chi connectivity index (χ0) is 22.0. The summed E-state index contributed by atoms with van der Waals surface area (Å²) in [5, 5.41) is 1.86. The first-order valence-electron chi connectivity index (χ1n) is 10.2. The molecule has 0 saturated carbocycles. The van der Waals surface area contributed by atoms with Gasteiger partial charge in [-0.05, 0) is 44.0 Å². The molecular weight excluding hydrogens is 414 g/mol. The van der Waals surface area contributed by atoms with Crippen LogP contribution in [0.25, 0.3) is 0 Å². The Hall–Kier alpha value is -3.13. The van der Waals surface area contributed by atoms with E-state index in [2.05, 4.69) is 5.32 Å². The molecule has 2 aliphatic heterocycles. The smallest absolute Gasteiger partial charge is 0.250 e. The third kappa shape index (κ3) is 4.49. The number of carbonyl (C=O) groups excluding carboxylic acids is 4. The van der Waals surface area contributed by atoms with Crippen molar-refractivity contribution in [1.29, 1.82) is 0 Å². The van der Waals surface area contributed by atoms with Gasteiger partial charge in [0.1, 0.15) is 6.54 Å². The van der Waals surface area contributed by atoms with Crippen LogP contribution in [0.3, 0.4) is 0 Å². The summed E-state index contributed by atoms with van der Waals surface area (Å²) in [6.07, 6.45) is 1.89. The van der Waals surface area contributed by atoms with Crippen LogP contribution in [-0.4, -0.2) is 53.3 Å². The summed E-state index contributed by atoms with van der Waals surface area (Å²) in [6, 6.07) is 13.9. The maximum Gasteiger partial charge on any atom is 0.250 e. The van der Waals surface area contributed by atoms with Crippen molar-refractivity contribution < 1.29 is 19.2 Å². The number of carbonyl (C=O) groups is 4. The van der Waals surface area contributed by atoms with E-state index in [0.29, 0.717) is 30.0 Å². The van der Waals surface area contributed by atoms with Crippen molar-refractivity contribution >= 4 is 46.6 Å². The van der Waals surface area contributed by atoms with Crippen molar-refractivity contribution in [2.45, 2.75) is 29.9 Å². The summed E-state index contributed by atoms with van der Waals surface area (Å²) >= 11 is 1.25. The molecule has 0 radical (unpaired) electrons. The summed E-state index contributed by atoms with van der Waals surface area (Å²) in [6.45, 7) is 2.57. The first-order chi connectivity index (χ1) is 14.9. The molecule has 8 heteroatoms. The van der Waals surface area contributed by atoms with Gasteiger partial charge in [-0.1, -0.05) is 24.3 Å². The number of para-hydroxylation sites is 1. The Balaban J connectivity index is 1.55. The summed E-state index contributed by atoms with van der Waals surface area (Å²) in [5.41, 5.74) is 1.59. The summed E-state index contributed by atoms with van der Waals surface area (Å²) < 4.78 is 0. The van der Waals surface area contributed by atoms with E-state index in [9.17, 15) is 19.2 Å². The average molecular weight is 438 g/mol. The number of benzene rings is 2. The molecule has 0 unspecified atom stereocenters. The van der Waals surface area contributed by atoms with Gasteiger partial charge in [0.2, 0.25) is 11.8 Å². The van der Waals surface area contributed by atoms with Crippen molar-refractivity contribution in [2.75, 3.05) is 29.9 Å². The van der Waals surface area contributed by atoms with E-state index in [1.165, 1.54) is 23.6 Å². The Bertz CT molecular complexity index is 1050. The molecule has 2 aromatic rings. The van der Waals surface area contributed by atoms with Crippen LogP contribution in [-0.2, 0) is 14.4 Å². The van der Waals surface area contributed by atoms with Crippen LogP contribution in [0.1, 0.15) is 30.1 Å². The van der Waals surface area contributed by atoms with Crippen molar-refractivity contribution in [3.05, 3.63) is 54.1 Å². The minimum absolute atomic E-state index is 0.100. The molecule has 160 valence electrons. The number of amides is 3. The Morgan fingerprint density at radius 2 is 1.81 bits per heavy atom. The number of hydrogen-bond donors (Lipinski definition) is 1. The SMILES string of the molecule is CC(=O)c1cccc(NC(=O)CN2C(=O)[C@H](C(=O)N3CCCC3)Sc3ccccc32)c1. The highest BCUT2D eigenvalue weighted by atomic mass is 32.2. The quantitative estimate of drug-likeness (QED) is 0.574. The molecule has 4 rings (SSSR count). The number of hydrogen-bond acceptors (Lipinski definition) is 5. The standard InChI is InChI=1S/C23H23N3O4S/c1-15(27)16-7-6-8-17(13-16)24-20(28)14-26-18-9-2-3-10-19(18)31-21(23(26)30)22(29)25-11-4-5-12-25/h2-3,6-10,13,21H,4-5,11-12,14H2,1H3,(H,24,28)/t21-/m0/s1. The molecule has 3 amide bonds. The Morgan fingerprint density at radius 1 is 1.06 bits per heavy atom. The third-order valence-corrected chi connectivity index (χ3v) is 6.63. The topological polar surface area (TPSA) is 86.8 Å². The van der Waals surface area contributed by atoms with E-state index in [4.69, 9.17) is 0 Å². The van der Waals surface area contributed by atoms with Gasteiger partial charge in [0.25, 0.3) is 5.91 Å². The number of ketones is 1. The van der Waals surface area contributed by atoms with Crippen LogP contribution in [0.4, 0.5) is 11.4 Å². The number of fused-ring (bicyclic) bond motifs is 1. The fraction of sp³-hybridized carbons (Fsp3) is 0.304. The van der Waals surface area contributed by atoms with Crippen molar-refractivity contribution in [2.24, 2.45) is 0 Å². The highest BCUT2D eigenvalue weighted by molar-refractivity contribution is 8.01. The van der Waals surface area contributed by atoms with Crippen molar-refractivity contribution in [1.82, 2.24) is 4.90 Å². The van der Waals surface area contributed by atoms with E-state index in [0.717, 1.165) is 17.7 Å². The highest BCUT2D eigenvalue weighted by Crippen LogP contribution is 2.40. The molecule has 31 heavy (non-hydrogen) atoms. The molecule has 2 aromatic carbocycles. The number of rotatable bonds is 5. The summed E-state index contributed by atoms with van der Waals surface area (Å²) in [5.74, 6) is -1.07. The number of nitrogens with one attached hydrogen (secondary N) is 1. The molecule has 0 aromatic heterocycles. The van der Waals surface area contributed by atoms with Crippen LogP contribution < -0.4 is 10.2 Å². The van der Waals surface area contributed by atoms with Gasteiger partial charge >= 0.3 is 0 Å². The van der Waals surface area contributed by atoms with Gasteiger partial charge < -0.3 is 15.1 Å². The number of thioether (sulfide) groups is 1. The van der Waals surface area contributed by atoms with Crippen LogP contribution in [0.15, 0.2) is 53.4 Å². The minimum Gasteiger partial charge on any atom is -0.341 e. The lowest BCUT2D eigenvalue weighted by Crippen LogP contribution is -2.51. The number of Topliss-reactive ketones (excluding diaryl/α,β-unsaturated/α-hetero) is 1. The molecule has 0 spiro atoms. The van der Waals surface area contributed by atoms with Crippen LogP contribution >= 0.6 is 11.8 Å². The van der Waals surface area contributed by atoms with Gasteiger partial charge in [0.05, 0.1) is 5.69 Å². The van der Waals surface area contributed by atoms with E-state index in [1.807, 2.05) is 12.1 Å². The predicted octanol–water partition coefficient (Wildman–Crippen LogP) is 2.96. The lowest BCUT2D eigenvalue weighted by molar-refractivity contribution is -0.134. The average Bonchev–Trinajstić information content (AvgIpc) is 3.30. The van der Waals surface area contributed by atoms with Crippen LogP contribution in [0, 0.1) is 0 Å². The Labute approximate surface area is 184 Å². The van der Waals surface area contributed by atoms with Crippen LogP contribution in [0.2, 0.25) is 0 Å². The predicted molar refractivity (Wildman–Crippen MR) is 119 cm³/mol. The molecule has 2 heterocycles. The number of anilines is 2. The Morgan fingerprint density at radius 3 is 2.55 bits per heavy atom. The van der Waals surface area contributed by atoms with E-state index < -0.39 is 11.2 Å². The largest absolute Gasteiger partial charge is 0.341 e. The summed E-state index contributed by atoms with van der Waals surface area (Å²) in [4.78, 5) is 54.5. The first-order valence-corrected chi connectivity index (χ1v) is 11.1. The zero-order valence-corrected chi connectivity index (χ0v) is 18.0. The normalized spacial score (nSPS) is 18.0. The van der Waals surface area contributed by atoms with Gasteiger partial charge in [0.15, 0.2) is 11.0 Å². The molecular formula is C23H23N3O4S. The van der Waals surface area contributed by atoms with E-state index >= 15 is 0 Å². The third-order valence-electron chi connectivity index (χ3n) is 5.39. The van der Waals surface area contributed by atoms with Crippen molar-refractivity contribution in [3.8, 4) is 0 Å².